The average molecular weight is 538 g/mol. The summed E-state index contributed by atoms with van der Waals surface area (Å²) in [5, 5.41) is 14.3. The molecule has 0 aliphatic carbocycles. The van der Waals surface area contributed by atoms with Gasteiger partial charge in [0.25, 0.3) is 0 Å². The van der Waals surface area contributed by atoms with Crippen LogP contribution in [0.25, 0.3) is 10.9 Å². The first kappa shape index (κ1) is 27.7. The minimum Gasteiger partial charge on any atom is -0.394 e. The number of carbonyl (C=O) groups excluding carboxylic acids is 2. The molecule has 208 valence electrons. The van der Waals surface area contributed by atoms with E-state index in [4.69, 9.17) is 0 Å². The van der Waals surface area contributed by atoms with Gasteiger partial charge in [0.1, 0.15) is 6.04 Å². The lowest BCUT2D eigenvalue weighted by Gasteiger charge is -2.34. The number of aromatic amines is 1. The molecule has 0 fully saturated rings. The van der Waals surface area contributed by atoms with E-state index in [1.54, 1.807) is 0 Å². The Morgan fingerprint density at radius 2 is 1.70 bits per heavy atom. The molecular formula is C34H39N3O3. The fourth-order valence-electron chi connectivity index (χ4n) is 5.85. The zero-order valence-corrected chi connectivity index (χ0v) is 23.2. The Balaban J connectivity index is 1.58. The van der Waals surface area contributed by atoms with Gasteiger partial charge in [0.05, 0.1) is 18.2 Å². The number of hydrogen-bond acceptors (Lipinski definition) is 4. The van der Waals surface area contributed by atoms with Crippen LogP contribution in [0.4, 0.5) is 5.69 Å². The molecule has 1 amide bonds. The number of anilines is 1. The van der Waals surface area contributed by atoms with E-state index >= 15 is 0 Å². The van der Waals surface area contributed by atoms with Crippen molar-refractivity contribution in [2.75, 3.05) is 18.1 Å². The molecule has 3 N–H and O–H groups in total. The third-order valence-electron chi connectivity index (χ3n) is 7.97. The van der Waals surface area contributed by atoms with Gasteiger partial charge in [-0.1, -0.05) is 80.4 Å². The number of aliphatic hydroxyl groups is 1. The van der Waals surface area contributed by atoms with Gasteiger partial charge in [0.15, 0.2) is 5.78 Å². The third-order valence-corrected chi connectivity index (χ3v) is 7.97. The second-order valence-corrected chi connectivity index (χ2v) is 10.8. The molecule has 6 nitrogen and oxygen atoms in total. The number of nitrogens with zero attached hydrogens (tertiary/aromatic N) is 1. The van der Waals surface area contributed by atoms with E-state index in [9.17, 15) is 14.7 Å². The van der Waals surface area contributed by atoms with Gasteiger partial charge >= 0.3 is 0 Å². The summed E-state index contributed by atoms with van der Waals surface area (Å²) < 4.78 is 0. The van der Waals surface area contributed by atoms with Crippen LogP contribution < -0.4 is 10.2 Å². The Morgan fingerprint density at radius 3 is 2.40 bits per heavy atom. The predicted octanol–water partition coefficient (Wildman–Crippen LogP) is 5.62. The van der Waals surface area contributed by atoms with Crippen molar-refractivity contribution >= 4 is 28.3 Å². The highest BCUT2D eigenvalue weighted by molar-refractivity contribution is 6.11. The van der Waals surface area contributed by atoms with Crippen molar-refractivity contribution in [3.63, 3.8) is 0 Å². The molecule has 5 rings (SSSR count). The van der Waals surface area contributed by atoms with Crippen LogP contribution in [0.3, 0.4) is 0 Å². The van der Waals surface area contributed by atoms with Crippen LogP contribution >= 0.6 is 0 Å². The van der Waals surface area contributed by atoms with Crippen LogP contribution in [-0.2, 0) is 24.1 Å². The van der Waals surface area contributed by atoms with Crippen LogP contribution in [0, 0.1) is 0 Å². The summed E-state index contributed by atoms with van der Waals surface area (Å²) in [4.78, 5) is 33.0. The molecule has 0 unspecified atom stereocenters. The van der Waals surface area contributed by atoms with E-state index in [1.165, 1.54) is 0 Å². The van der Waals surface area contributed by atoms with Crippen molar-refractivity contribution in [3.8, 4) is 0 Å². The smallest absolute Gasteiger partial charge is 0.243 e. The van der Waals surface area contributed by atoms with Crippen LogP contribution in [0.15, 0.2) is 79.0 Å². The quantitative estimate of drug-likeness (QED) is 0.171. The molecule has 0 saturated carbocycles. The summed E-state index contributed by atoms with van der Waals surface area (Å²) in [7, 11) is 0. The molecule has 2 atom stereocenters. The number of unbranched alkanes of at least 4 members (excludes halogenated alkanes) is 2. The number of ketones is 1. The monoisotopic (exact) mass is 537 g/mol. The fraction of sp³-hybridized carbons (Fsp3) is 0.353. The van der Waals surface area contributed by atoms with Crippen molar-refractivity contribution in [1.29, 1.82) is 0 Å². The molecule has 0 bridgehead atoms. The highest BCUT2D eigenvalue weighted by Crippen LogP contribution is 2.36. The molecule has 3 aromatic carbocycles. The second kappa shape index (κ2) is 13.0. The summed E-state index contributed by atoms with van der Waals surface area (Å²) in [5.41, 5.74) is 5.69. The predicted molar refractivity (Wildman–Crippen MR) is 161 cm³/mol. The largest absolute Gasteiger partial charge is 0.394 e. The van der Waals surface area contributed by atoms with Gasteiger partial charge in [-0.05, 0) is 48.1 Å². The van der Waals surface area contributed by atoms with Crippen molar-refractivity contribution in [3.05, 3.63) is 101 Å². The minimum absolute atomic E-state index is 0.0790. The van der Waals surface area contributed by atoms with Crippen molar-refractivity contribution < 1.29 is 14.7 Å². The molecular weight excluding hydrogens is 498 g/mol. The molecule has 0 radical (unpaired) electrons. The number of Topliss-reactive ketones (excluding diaryl/α,β-unsaturated/α-hetero) is 1. The number of aromatic nitrogens is 1. The molecule has 1 aliphatic heterocycles. The summed E-state index contributed by atoms with van der Waals surface area (Å²) in [6, 6.07) is 23.3. The van der Waals surface area contributed by atoms with Gasteiger partial charge in [-0.15, -0.1) is 0 Å². The highest BCUT2D eigenvalue weighted by atomic mass is 16.3. The zero-order chi connectivity index (χ0) is 27.9. The Kier molecular flexibility index (Phi) is 8.97. The Hall–Kier alpha value is -3.90. The van der Waals surface area contributed by atoms with Gasteiger partial charge < -0.3 is 20.3 Å². The molecule has 4 aromatic rings. The minimum atomic E-state index is -0.447. The maximum absolute atomic E-state index is 13.8. The molecule has 0 spiro atoms. The summed E-state index contributed by atoms with van der Waals surface area (Å²) >= 11 is 0. The second-order valence-electron chi connectivity index (χ2n) is 10.8. The van der Waals surface area contributed by atoms with E-state index in [-0.39, 0.29) is 18.3 Å². The lowest BCUT2D eigenvalue weighted by Crippen LogP contribution is -2.52. The van der Waals surface area contributed by atoms with E-state index in [1.807, 2.05) is 66.9 Å². The van der Waals surface area contributed by atoms with Crippen molar-refractivity contribution in [2.24, 2.45) is 0 Å². The highest BCUT2D eigenvalue weighted by Gasteiger charge is 2.32. The lowest BCUT2D eigenvalue weighted by molar-refractivity contribution is -0.123. The van der Waals surface area contributed by atoms with Gasteiger partial charge in [0, 0.05) is 42.2 Å². The van der Waals surface area contributed by atoms with Crippen LogP contribution in [0.5, 0.6) is 0 Å². The van der Waals surface area contributed by atoms with E-state index in [0.717, 1.165) is 59.1 Å². The number of aryl methyl sites for hydroxylation is 1. The van der Waals surface area contributed by atoms with Gasteiger partial charge in [-0.3, -0.25) is 9.59 Å². The van der Waals surface area contributed by atoms with Gasteiger partial charge in [-0.2, -0.15) is 0 Å². The Bertz CT molecular complexity index is 1430. The number of carbonyl (C=O) groups is 2. The standard InChI is InChI=1S/C34H39N3O3/c1-2-3-10-19-37-29-17-16-28(31(39)18-15-24-11-6-4-7-12-24)33-32(29)26(22-35-33)21-27(23-38)36-34(40)30(37)20-25-13-8-5-9-14-25/h4-9,11-14,16-17,22,27,30,35,38H,2-3,10,15,18-21,23H2,1H3,(H,36,40)/t27-,30-/m0/s1. The van der Waals surface area contributed by atoms with Crippen LogP contribution in [0.2, 0.25) is 0 Å². The molecule has 1 aromatic heterocycles. The van der Waals surface area contributed by atoms with Gasteiger partial charge in [-0.25, -0.2) is 0 Å². The zero-order valence-electron chi connectivity index (χ0n) is 23.2. The first-order valence-electron chi connectivity index (χ1n) is 14.5. The van der Waals surface area contributed by atoms with Crippen molar-refractivity contribution in [1.82, 2.24) is 10.3 Å². The number of aliphatic hydroxyl groups excluding tert-OH is 1. The van der Waals surface area contributed by atoms with E-state index in [2.05, 4.69) is 34.3 Å². The SMILES string of the molecule is CCCCCN1c2ccc(C(=O)CCc3ccccc3)c3[nH]cc(c23)C[C@@H](CO)NC(=O)[C@@H]1Cc1ccccc1. The lowest BCUT2D eigenvalue weighted by atomic mass is 9.96. The normalized spacial score (nSPS) is 17.2. The topological polar surface area (TPSA) is 85.4 Å². The Morgan fingerprint density at radius 1 is 0.975 bits per heavy atom. The fourth-order valence-corrected chi connectivity index (χ4v) is 5.85. The number of H-pyrrole nitrogens is 1. The molecule has 0 saturated heterocycles. The molecule has 2 heterocycles. The molecule has 6 heteroatoms. The van der Waals surface area contributed by atoms with Crippen LogP contribution in [-0.4, -0.2) is 47.0 Å². The number of hydrogen-bond donors (Lipinski definition) is 3. The first-order valence-corrected chi connectivity index (χ1v) is 14.5. The first-order chi connectivity index (χ1) is 19.6. The van der Waals surface area contributed by atoms with E-state index in [0.29, 0.717) is 31.2 Å². The maximum Gasteiger partial charge on any atom is 0.243 e. The summed E-state index contributed by atoms with van der Waals surface area (Å²) in [6.45, 7) is 2.75. The van der Waals surface area contributed by atoms with Crippen molar-refractivity contribution in [2.45, 2.75) is 64.0 Å². The number of rotatable bonds is 11. The number of nitrogens with one attached hydrogen (secondary N) is 2. The number of benzene rings is 3. The van der Waals surface area contributed by atoms with Gasteiger partial charge in [0.2, 0.25) is 5.91 Å². The Labute approximate surface area is 236 Å². The van der Waals surface area contributed by atoms with Crippen LogP contribution in [0.1, 0.15) is 59.7 Å². The summed E-state index contributed by atoms with van der Waals surface area (Å²) in [5.74, 6) is 0.0136. The number of amides is 1. The maximum atomic E-state index is 13.8. The summed E-state index contributed by atoms with van der Waals surface area (Å²) in [6.07, 6.45) is 7.18. The third kappa shape index (κ3) is 6.13. The molecule has 1 aliphatic rings. The average Bonchev–Trinajstić information content (AvgIpc) is 3.42. The van der Waals surface area contributed by atoms with E-state index < -0.39 is 12.1 Å². The molecule has 40 heavy (non-hydrogen) atoms.